The molecule has 1 heterocycles. The summed E-state index contributed by atoms with van der Waals surface area (Å²) in [5.41, 5.74) is -0.552. The highest BCUT2D eigenvalue weighted by atomic mass is 32.2. The average Bonchev–Trinajstić information content (AvgIpc) is 2.86. The zero-order valence-corrected chi connectivity index (χ0v) is 12.3. The largest absolute Gasteiger partial charge is 0.389 e. The summed E-state index contributed by atoms with van der Waals surface area (Å²) in [6.07, 6.45) is 3.17. The Hall–Kier alpha value is -0.920. The molecule has 1 N–H and O–H groups in total. The van der Waals surface area contributed by atoms with Crippen molar-refractivity contribution in [3.05, 3.63) is 11.5 Å². The van der Waals surface area contributed by atoms with E-state index in [1.54, 1.807) is 13.8 Å². The molecule has 6 nitrogen and oxygen atoms in total. The number of likely N-dealkylation sites (N-methyl/N-ethyl adjacent to an activating group) is 1. The van der Waals surface area contributed by atoms with Gasteiger partial charge in [0.05, 0.1) is 5.60 Å². The van der Waals surface area contributed by atoms with E-state index in [0.29, 0.717) is 18.5 Å². The number of rotatable bonds is 4. The standard InChI is InChI=1S/C12H20N2O4S/c1-9-11(10(2)18-13-9)19(16,17)14(3)8-12(15)6-4-5-7-12/h15H,4-8H2,1-3H3. The Kier molecular flexibility index (Phi) is 3.72. The molecule has 0 saturated heterocycles. The summed E-state index contributed by atoms with van der Waals surface area (Å²) in [6, 6.07) is 0. The second-order valence-corrected chi connectivity index (χ2v) is 7.33. The molecule has 108 valence electrons. The molecule has 0 bridgehead atoms. The van der Waals surface area contributed by atoms with Gasteiger partial charge < -0.3 is 9.63 Å². The van der Waals surface area contributed by atoms with Gasteiger partial charge in [0, 0.05) is 13.6 Å². The molecular formula is C12H20N2O4S. The van der Waals surface area contributed by atoms with E-state index in [1.165, 1.54) is 11.4 Å². The second kappa shape index (κ2) is 4.88. The molecule has 19 heavy (non-hydrogen) atoms. The Morgan fingerprint density at radius 1 is 1.37 bits per heavy atom. The molecule has 0 radical (unpaired) electrons. The SMILES string of the molecule is Cc1noc(C)c1S(=O)(=O)N(C)CC1(O)CCCC1. The van der Waals surface area contributed by atoms with Gasteiger partial charge in [-0.15, -0.1) is 0 Å². The number of nitrogens with zero attached hydrogens (tertiary/aromatic N) is 2. The van der Waals surface area contributed by atoms with Gasteiger partial charge in [0.2, 0.25) is 10.0 Å². The molecule has 2 rings (SSSR count). The van der Waals surface area contributed by atoms with Crippen molar-refractivity contribution in [2.75, 3.05) is 13.6 Å². The first-order chi connectivity index (χ1) is 8.76. The van der Waals surface area contributed by atoms with Crippen molar-refractivity contribution in [2.24, 2.45) is 0 Å². The van der Waals surface area contributed by atoms with Crippen LogP contribution in [0, 0.1) is 13.8 Å². The Morgan fingerprint density at radius 2 is 1.95 bits per heavy atom. The number of aliphatic hydroxyl groups is 1. The smallest absolute Gasteiger partial charge is 0.248 e. The van der Waals surface area contributed by atoms with E-state index in [-0.39, 0.29) is 17.2 Å². The van der Waals surface area contributed by atoms with E-state index in [2.05, 4.69) is 5.16 Å². The number of aromatic nitrogens is 1. The van der Waals surface area contributed by atoms with Gasteiger partial charge >= 0.3 is 0 Å². The maximum Gasteiger partial charge on any atom is 0.248 e. The Bertz CT molecular complexity index is 539. The lowest BCUT2D eigenvalue weighted by Gasteiger charge is -2.27. The van der Waals surface area contributed by atoms with Crippen molar-refractivity contribution in [3.63, 3.8) is 0 Å². The summed E-state index contributed by atoms with van der Waals surface area (Å²) in [7, 11) is -2.18. The van der Waals surface area contributed by atoms with Crippen molar-refractivity contribution in [1.29, 1.82) is 0 Å². The lowest BCUT2D eigenvalue weighted by atomic mass is 10.0. The summed E-state index contributed by atoms with van der Waals surface area (Å²) in [4.78, 5) is 0.108. The molecule has 1 aromatic rings. The molecule has 0 spiro atoms. The Balaban J connectivity index is 2.25. The maximum absolute atomic E-state index is 12.5. The van der Waals surface area contributed by atoms with Gasteiger partial charge in [0.15, 0.2) is 5.76 Å². The molecule has 7 heteroatoms. The van der Waals surface area contributed by atoms with Gasteiger partial charge in [-0.1, -0.05) is 18.0 Å². The third-order valence-electron chi connectivity index (χ3n) is 3.69. The zero-order valence-electron chi connectivity index (χ0n) is 11.5. The van der Waals surface area contributed by atoms with Crippen LogP contribution in [-0.2, 0) is 10.0 Å². The molecule has 0 aliphatic heterocycles. The minimum absolute atomic E-state index is 0.108. The van der Waals surface area contributed by atoms with E-state index in [0.717, 1.165) is 12.8 Å². The minimum Gasteiger partial charge on any atom is -0.389 e. The molecule has 0 amide bonds. The predicted octanol–water partition coefficient (Wildman–Crippen LogP) is 1.22. The fourth-order valence-corrected chi connectivity index (χ4v) is 4.22. The maximum atomic E-state index is 12.5. The first-order valence-electron chi connectivity index (χ1n) is 6.38. The average molecular weight is 288 g/mol. The number of aryl methyl sites for hydroxylation is 2. The highest BCUT2D eigenvalue weighted by molar-refractivity contribution is 7.89. The molecule has 0 atom stereocenters. The van der Waals surface area contributed by atoms with Crippen LogP contribution in [0.25, 0.3) is 0 Å². The number of hydrogen-bond donors (Lipinski definition) is 1. The Labute approximate surface area is 113 Å². The normalized spacial score (nSPS) is 19.2. The second-order valence-electron chi connectivity index (χ2n) is 5.35. The molecule has 0 unspecified atom stereocenters. The molecule has 1 saturated carbocycles. The number of hydrogen-bond acceptors (Lipinski definition) is 5. The van der Waals surface area contributed by atoms with Crippen LogP contribution in [0.2, 0.25) is 0 Å². The van der Waals surface area contributed by atoms with E-state index >= 15 is 0 Å². The van der Waals surface area contributed by atoms with Crippen molar-refractivity contribution in [1.82, 2.24) is 9.46 Å². The Morgan fingerprint density at radius 3 is 2.42 bits per heavy atom. The summed E-state index contributed by atoms with van der Waals surface area (Å²) in [5, 5.41) is 14.0. The van der Waals surface area contributed by atoms with Crippen LogP contribution in [0.3, 0.4) is 0 Å². The van der Waals surface area contributed by atoms with Crippen LogP contribution < -0.4 is 0 Å². The fourth-order valence-electron chi connectivity index (χ4n) is 2.69. The monoisotopic (exact) mass is 288 g/mol. The van der Waals surface area contributed by atoms with Crippen molar-refractivity contribution in [3.8, 4) is 0 Å². The summed E-state index contributed by atoms with van der Waals surface area (Å²) >= 11 is 0. The molecule has 1 fully saturated rings. The minimum atomic E-state index is -3.67. The van der Waals surface area contributed by atoms with Gasteiger partial charge in [0.1, 0.15) is 10.6 Å². The molecule has 1 aliphatic rings. The summed E-state index contributed by atoms with van der Waals surface area (Å²) in [6.45, 7) is 3.28. The van der Waals surface area contributed by atoms with E-state index in [4.69, 9.17) is 4.52 Å². The predicted molar refractivity (Wildman–Crippen MR) is 69.2 cm³/mol. The lowest BCUT2D eigenvalue weighted by Crippen LogP contribution is -2.42. The highest BCUT2D eigenvalue weighted by Gasteiger charge is 2.37. The zero-order chi connectivity index (χ0) is 14.3. The third kappa shape index (κ3) is 2.68. The van der Waals surface area contributed by atoms with Crippen LogP contribution >= 0.6 is 0 Å². The van der Waals surface area contributed by atoms with Gasteiger partial charge in [-0.05, 0) is 26.7 Å². The topological polar surface area (TPSA) is 83.6 Å². The fraction of sp³-hybridized carbons (Fsp3) is 0.750. The van der Waals surface area contributed by atoms with Crippen LogP contribution in [-0.4, -0.2) is 42.2 Å². The summed E-state index contributed by atoms with van der Waals surface area (Å²) in [5.74, 6) is 0.280. The first kappa shape index (κ1) is 14.5. The lowest BCUT2D eigenvalue weighted by molar-refractivity contribution is 0.0333. The first-order valence-corrected chi connectivity index (χ1v) is 7.82. The van der Waals surface area contributed by atoms with Gasteiger partial charge in [-0.2, -0.15) is 4.31 Å². The van der Waals surface area contributed by atoms with Crippen molar-refractivity contribution >= 4 is 10.0 Å². The van der Waals surface area contributed by atoms with Crippen LogP contribution in [0.5, 0.6) is 0 Å². The highest BCUT2D eigenvalue weighted by Crippen LogP contribution is 2.32. The third-order valence-corrected chi connectivity index (χ3v) is 5.74. The van der Waals surface area contributed by atoms with Crippen molar-refractivity contribution in [2.45, 2.75) is 50.0 Å². The molecule has 1 aromatic heterocycles. The van der Waals surface area contributed by atoms with E-state index in [9.17, 15) is 13.5 Å². The van der Waals surface area contributed by atoms with E-state index < -0.39 is 15.6 Å². The van der Waals surface area contributed by atoms with Gasteiger partial charge in [-0.3, -0.25) is 0 Å². The van der Waals surface area contributed by atoms with Crippen molar-refractivity contribution < 1.29 is 18.0 Å². The van der Waals surface area contributed by atoms with E-state index in [1.807, 2.05) is 0 Å². The van der Waals surface area contributed by atoms with Crippen LogP contribution in [0.1, 0.15) is 37.1 Å². The quantitative estimate of drug-likeness (QED) is 0.900. The van der Waals surface area contributed by atoms with Gasteiger partial charge in [0.25, 0.3) is 0 Å². The molecular weight excluding hydrogens is 268 g/mol. The number of sulfonamides is 1. The van der Waals surface area contributed by atoms with Crippen LogP contribution in [0.4, 0.5) is 0 Å². The summed E-state index contributed by atoms with van der Waals surface area (Å²) < 4.78 is 31.1. The molecule has 1 aliphatic carbocycles. The van der Waals surface area contributed by atoms with Gasteiger partial charge in [-0.25, -0.2) is 8.42 Å². The molecule has 0 aromatic carbocycles. The van der Waals surface area contributed by atoms with Crippen LogP contribution in [0.15, 0.2) is 9.42 Å².